The number of pyridine rings is 1. The Morgan fingerprint density at radius 2 is 2.28 bits per heavy atom. The summed E-state index contributed by atoms with van der Waals surface area (Å²) >= 11 is 1.38. The maximum absolute atomic E-state index is 5.32. The molecule has 1 N–H and O–H groups in total. The summed E-state index contributed by atoms with van der Waals surface area (Å²) in [6.07, 6.45) is 1.80. The molecule has 0 spiro atoms. The molecular formula is C12H16N4OS. The van der Waals surface area contributed by atoms with Crippen LogP contribution < -0.4 is 5.32 Å². The zero-order valence-electron chi connectivity index (χ0n) is 10.7. The molecule has 0 amide bonds. The molecule has 0 fully saturated rings. The molecule has 5 nitrogen and oxygen atoms in total. The Kier molecular flexibility index (Phi) is 4.33. The predicted octanol–water partition coefficient (Wildman–Crippen LogP) is 2.59. The summed E-state index contributed by atoms with van der Waals surface area (Å²) in [4.78, 5) is 4.29. The SMILES string of the molecule is CCNC(C)c1ccnc(Sc2nnc(C)o2)c1. The highest BCUT2D eigenvalue weighted by molar-refractivity contribution is 7.99. The Bertz CT molecular complexity index is 514. The van der Waals surface area contributed by atoms with Crippen LogP contribution >= 0.6 is 11.8 Å². The van der Waals surface area contributed by atoms with Crippen molar-refractivity contribution in [1.82, 2.24) is 20.5 Å². The summed E-state index contributed by atoms with van der Waals surface area (Å²) in [5.41, 5.74) is 1.20. The Morgan fingerprint density at radius 3 is 2.94 bits per heavy atom. The van der Waals surface area contributed by atoms with Gasteiger partial charge in [0.1, 0.15) is 5.03 Å². The van der Waals surface area contributed by atoms with Gasteiger partial charge in [-0.2, -0.15) is 0 Å². The average Bonchev–Trinajstić information content (AvgIpc) is 2.75. The van der Waals surface area contributed by atoms with E-state index in [9.17, 15) is 0 Å². The Labute approximate surface area is 110 Å². The number of hydrogen-bond donors (Lipinski definition) is 1. The van der Waals surface area contributed by atoms with Gasteiger partial charge in [0.05, 0.1) is 0 Å². The van der Waals surface area contributed by atoms with Gasteiger partial charge in [-0.3, -0.25) is 0 Å². The van der Waals surface area contributed by atoms with Crippen LogP contribution in [0.5, 0.6) is 0 Å². The van der Waals surface area contributed by atoms with Crippen LogP contribution in [0.25, 0.3) is 0 Å². The third-order valence-corrected chi connectivity index (χ3v) is 3.24. The second-order valence-corrected chi connectivity index (χ2v) is 4.87. The molecule has 2 rings (SSSR count). The molecule has 2 aromatic heterocycles. The van der Waals surface area contributed by atoms with E-state index in [2.05, 4.69) is 34.3 Å². The van der Waals surface area contributed by atoms with Crippen LogP contribution in [0, 0.1) is 6.92 Å². The second kappa shape index (κ2) is 5.97. The molecule has 0 aromatic carbocycles. The van der Waals surface area contributed by atoms with Gasteiger partial charge in [-0.25, -0.2) is 4.98 Å². The Hall–Kier alpha value is -1.40. The maximum atomic E-state index is 5.32. The number of nitrogens with zero attached hydrogens (tertiary/aromatic N) is 3. The third-order valence-electron chi connectivity index (χ3n) is 2.47. The zero-order valence-corrected chi connectivity index (χ0v) is 11.5. The van der Waals surface area contributed by atoms with E-state index in [1.807, 2.05) is 12.1 Å². The first-order valence-electron chi connectivity index (χ1n) is 5.86. The zero-order chi connectivity index (χ0) is 13.0. The topological polar surface area (TPSA) is 63.8 Å². The summed E-state index contributed by atoms with van der Waals surface area (Å²) in [6.45, 7) is 6.93. The highest BCUT2D eigenvalue weighted by Gasteiger charge is 2.09. The first kappa shape index (κ1) is 13.0. The summed E-state index contributed by atoms with van der Waals surface area (Å²) < 4.78 is 5.32. The Balaban J connectivity index is 2.12. The molecule has 2 aromatic rings. The first-order valence-corrected chi connectivity index (χ1v) is 6.68. The van der Waals surface area contributed by atoms with Gasteiger partial charge in [0.25, 0.3) is 5.22 Å². The van der Waals surface area contributed by atoms with Crippen LogP contribution in [0.1, 0.15) is 31.3 Å². The number of aryl methyl sites for hydroxylation is 1. The number of nitrogens with one attached hydrogen (secondary N) is 1. The largest absolute Gasteiger partial charge is 0.416 e. The van der Waals surface area contributed by atoms with Gasteiger partial charge < -0.3 is 9.73 Å². The van der Waals surface area contributed by atoms with Gasteiger partial charge in [0.15, 0.2) is 0 Å². The minimum absolute atomic E-state index is 0.307. The van der Waals surface area contributed by atoms with Crippen molar-refractivity contribution in [2.75, 3.05) is 6.54 Å². The summed E-state index contributed by atoms with van der Waals surface area (Å²) in [5.74, 6) is 0.565. The molecule has 0 aliphatic rings. The molecule has 0 radical (unpaired) electrons. The fourth-order valence-electron chi connectivity index (χ4n) is 1.58. The molecule has 0 aliphatic heterocycles. The maximum Gasteiger partial charge on any atom is 0.282 e. The summed E-state index contributed by atoms with van der Waals surface area (Å²) in [5, 5.41) is 12.5. The van der Waals surface area contributed by atoms with Crippen molar-refractivity contribution >= 4 is 11.8 Å². The lowest BCUT2D eigenvalue weighted by Crippen LogP contribution is -2.17. The summed E-state index contributed by atoms with van der Waals surface area (Å²) in [7, 11) is 0. The Morgan fingerprint density at radius 1 is 1.44 bits per heavy atom. The lowest BCUT2D eigenvalue weighted by atomic mass is 10.1. The molecule has 0 bridgehead atoms. The molecule has 96 valence electrons. The van der Waals surface area contributed by atoms with Crippen molar-refractivity contribution in [2.24, 2.45) is 0 Å². The van der Waals surface area contributed by atoms with Gasteiger partial charge >= 0.3 is 0 Å². The van der Waals surface area contributed by atoms with E-state index in [0.29, 0.717) is 17.2 Å². The predicted molar refractivity (Wildman–Crippen MR) is 69.5 cm³/mol. The van der Waals surface area contributed by atoms with Gasteiger partial charge in [-0.15, -0.1) is 10.2 Å². The minimum Gasteiger partial charge on any atom is -0.416 e. The molecule has 0 aliphatic carbocycles. The van der Waals surface area contributed by atoms with Gasteiger partial charge in [-0.05, 0) is 42.9 Å². The molecule has 1 atom stereocenters. The third kappa shape index (κ3) is 3.30. The smallest absolute Gasteiger partial charge is 0.282 e. The number of hydrogen-bond acceptors (Lipinski definition) is 6. The average molecular weight is 264 g/mol. The van der Waals surface area contributed by atoms with Crippen LogP contribution in [0.15, 0.2) is 33.0 Å². The molecule has 2 heterocycles. The molecule has 0 saturated heterocycles. The minimum atomic E-state index is 0.307. The molecular weight excluding hydrogens is 248 g/mol. The highest BCUT2D eigenvalue weighted by Crippen LogP contribution is 2.26. The van der Waals surface area contributed by atoms with E-state index < -0.39 is 0 Å². The van der Waals surface area contributed by atoms with E-state index in [1.54, 1.807) is 13.1 Å². The van der Waals surface area contributed by atoms with Gasteiger partial charge in [-0.1, -0.05) is 6.92 Å². The standard InChI is InChI=1S/C12H16N4OS/c1-4-13-8(2)10-5-6-14-11(7-10)18-12-16-15-9(3)17-12/h5-8,13H,4H2,1-3H3. The van der Waals surface area contributed by atoms with Crippen molar-refractivity contribution < 1.29 is 4.42 Å². The fourth-order valence-corrected chi connectivity index (χ4v) is 2.31. The van der Waals surface area contributed by atoms with E-state index in [1.165, 1.54) is 17.3 Å². The van der Waals surface area contributed by atoms with Gasteiger partial charge in [0, 0.05) is 19.2 Å². The lowest BCUT2D eigenvalue weighted by molar-refractivity contribution is 0.429. The molecule has 6 heteroatoms. The fraction of sp³-hybridized carbons (Fsp3) is 0.417. The number of aromatic nitrogens is 3. The van der Waals surface area contributed by atoms with Crippen LogP contribution in [-0.2, 0) is 0 Å². The highest BCUT2D eigenvalue weighted by atomic mass is 32.2. The second-order valence-electron chi connectivity index (χ2n) is 3.90. The summed E-state index contributed by atoms with van der Waals surface area (Å²) in [6, 6.07) is 4.36. The van der Waals surface area contributed by atoms with Crippen molar-refractivity contribution in [2.45, 2.75) is 37.1 Å². The lowest BCUT2D eigenvalue weighted by Gasteiger charge is -2.12. The molecule has 18 heavy (non-hydrogen) atoms. The van der Waals surface area contributed by atoms with Gasteiger partial charge in [0.2, 0.25) is 5.89 Å². The normalized spacial score (nSPS) is 12.6. The van der Waals surface area contributed by atoms with Crippen LogP contribution in [0.2, 0.25) is 0 Å². The first-order chi connectivity index (χ1) is 8.69. The van der Waals surface area contributed by atoms with Crippen LogP contribution in [0.4, 0.5) is 0 Å². The van der Waals surface area contributed by atoms with E-state index in [0.717, 1.165) is 11.6 Å². The van der Waals surface area contributed by atoms with Crippen LogP contribution in [-0.4, -0.2) is 21.7 Å². The quantitative estimate of drug-likeness (QED) is 0.895. The molecule has 0 saturated carbocycles. The molecule has 1 unspecified atom stereocenters. The number of rotatable bonds is 5. The monoisotopic (exact) mass is 264 g/mol. The van der Waals surface area contributed by atoms with E-state index in [4.69, 9.17) is 4.42 Å². The van der Waals surface area contributed by atoms with Crippen molar-refractivity contribution in [3.05, 3.63) is 29.8 Å². The van der Waals surface area contributed by atoms with E-state index >= 15 is 0 Å². The van der Waals surface area contributed by atoms with E-state index in [-0.39, 0.29) is 0 Å². The van der Waals surface area contributed by atoms with Crippen molar-refractivity contribution in [1.29, 1.82) is 0 Å². The van der Waals surface area contributed by atoms with Crippen molar-refractivity contribution in [3.63, 3.8) is 0 Å². The van der Waals surface area contributed by atoms with Crippen molar-refractivity contribution in [3.8, 4) is 0 Å². The van der Waals surface area contributed by atoms with Crippen LogP contribution in [0.3, 0.4) is 0 Å².